The van der Waals surface area contributed by atoms with Crippen molar-refractivity contribution in [1.82, 2.24) is 4.57 Å². The van der Waals surface area contributed by atoms with Gasteiger partial charge in [-0.2, -0.15) is 0 Å². The number of carbonyl (C=O) groups excluding carboxylic acids is 1. The van der Waals surface area contributed by atoms with Crippen LogP contribution in [-0.2, 0) is 9.53 Å². The number of phenolic OH excluding ortho intramolecular Hbond substituents is 1. The van der Waals surface area contributed by atoms with Gasteiger partial charge in [0.05, 0.1) is 42.7 Å². The smallest absolute Gasteiger partial charge is 0.338 e. The number of allylic oxidation sites excluding steroid dienone is 1. The molecule has 0 radical (unpaired) electrons. The lowest BCUT2D eigenvalue weighted by atomic mass is 9.95. The second-order valence-electron chi connectivity index (χ2n) is 7.62. The van der Waals surface area contributed by atoms with Crippen LogP contribution in [0.1, 0.15) is 31.0 Å². The number of hydrogen-bond donors (Lipinski definition) is 1. The molecule has 0 saturated carbocycles. The van der Waals surface area contributed by atoms with Crippen molar-refractivity contribution in [3.05, 3.63) is 82.1 Å². The number of halogens is 1. The summed E-state index contributed by atoms with van der Waals surface area (Å²) in [5.41, 5.74) is 1.57. The molecule has 4 rings (SSSR count). The molecule has 182 valence electrons. The molecular weight excluding hydrogens is 583 g/mol. The van der Waals surface area contributed by atoms with E-state index in [2.05, 4.69) is 27.6 Å². The molecule has 10 heteroatoms. The Balaban J connectivity index is 1.99. The third-order valence-corrected chi connectivity index (χ3v) is 7.17. The van der Waals surface area contributed by atoms with Gasteiger partial charge in [0.15, 0.2) is 16.3 Å². The van der Waals surface area contributed by atoms with Crippen molar-refractivity contribution in [3.63, 3.8) is 0 Å². The number of fused-ring (bicyclic) bond motifs is 1. The number of thiazole rings is 1. The first kappa shape index (κ1) is 25.0. The molecule has 0 aliphatic carbocycles. The number of nitrogens with zero attached hydrogens (tertiary/aromatic N) is 2. The van der Waals surface area contributed by atoms with Crippen molar-refractivity contribution in [2.24, 2.45) is 4.99 Å². The number of aromatic nitrogens is 1. The Morgan fingerprint density at radius 1 is 1.20 bits per heavy atom. The second kappa shape index (κ2) is 10.2. The van der Waals surface area contributed by atoms with E-state index in [9.17, 15) is 14.7 Å². The fourth-order valence-corrected chi connectivity index (χ4v) is 5.46. The van der Waals surface area contributed by atoms with E-state index in [0.29, 0.717) is 37.7 Å². The number of methoxy groups -OCH3 is 2. The average Bonchev–Trinajstić information content (AvgIpc) is 3.14. The van der Waals surface area contributed by atoms with Crippen LogP contribution in [0, 0.1) is 3.57 Å². The molecule has 1 aliphatic rings. The lowest BCUT2D eigenvalue weighted by Crippen LogP contribution is -2.40. The molecular formula is C25H23IN2O6S. The lowest BCUT2D eigenvalue weighted by molar-refractivity contribution is -0.139. The van der Waals surface area contributed by atoms with Crippen molar-refractivity contribution in [3.8, 4) is 17.2 Å². The number of ether oxygens (including phenoxy) is 3. The van der Waals surface area contributed by atoms with E-state index in [1.807, 2.05) is 0 Å². The number of esters is 1. The van der Waals surface area contributed by atoms with Gasteiger partial charge in [-0.05, 0) is 78.4 Å². The van der Waals surface area contributed by atoms with E-state index < -0.39 is 12.0 Å². The number of rotatable bonds is 6. The fraction of sp³-hybridized carbons (Fsp3) is 0.240. The number of phenols is 1. The first-order valence-corrected chi connectivity index (χ1v) is 12.6. The minimum atomic E-state index is -0.781. The molecule has 0 saturated heterocycles. The van der Waals surface area contributed by atoms with Gasteiger partial charge in [-0.25, -0.2) is 9.79 Å². The van der Waals surface area contributed by atoms with Crippen LogP contribution >= 0.6 is 33.9 Å². The molecule has 1 aliphatic heterocycles. The molecule has 2 aromatic carbocycles. The largest absolute Gasteiger partial charge is 0.507 e. The summed E-state index contributed by atoms with van der Waals surface area (Å²) in [5.74, 6) is 0.513. The van der Waals surface area contributed by atoms with Gasteiger partial charge in [0.25, 0.3) is 5.56 Å². The van der Waals surface area contributed by atoms with E-state index >= 15 is 0 Å². The molecule has 1 N–H and O–H groups in total. The molecule has 8 nitrogen and oxygen atoms in total. The van der Waals surface area contributed by atoms with E-state index in [1.54, 1.807) is 56.3 Å². The van der Waals surface area contributed by atoms with Crippen molar-refractivity contribution in [2.75, 3.05) is 20.8 Å². The van der Waals surface area contributed by atoms with E-state index in [4.69, 9.17) is 14.2 Å². The first-order valence-electron chi connectivity index (χ1n) is 10.7. The normalized spacial score (nSPS) is 15.5. The Labute approximate surface area is 218 Å². The SMILES string of the molecule is CCOC(=O)C1=C(C)N=c2s/c(=C\c3cc(I)ccc3O)c(=O)n2[C@H]1c1ccc(OC)c(OC)c1. The first-order chi connectivity index (χ1) is 16.8. The molecule has 0 unspecified atom stereocenters. The monoisotopic (exact) mass is 606 g/mol. The lowest BCUT2D eigenvalue weighted by Gasteiger charge is -2.25. The molecule has 35 heavy (non-hydrogen) atoms. The Kier molecular flexibility index (Phi) is 7.31. The van der Waals surface area contributed by atoms with Gasteiger partial charge >= 0.3 is 5.97 Å². The van der Waals surface area contributed by atoms with E-state index in [-0.39, 0.29) is 23.5 Å². The van der Waals surface area contributed by atoms with Crippen LogP contribution in [0.25, 0.3) is 6.08 Å². The van der Waals surface area contributed by atoms with Gasteiger partial charge in [-0.3, -0.25) is 9.36 Å². The van der Waals surface area contributed by atoms with Gasteiger partial charge in [0, 0.05) is 9.13 Å². The summed E-state index contributed by atoms with van der Waals surface area (Å²) in [6.45, 7) is 3.63. The summed E-state index contributed by atoms with van der Waals surface area (Å²) in [6.07, 6.45) is 1.64. The predicted octanol–water partition coefficient (Wildman–Crippen LogP) is 3.13. The highest BCUT2D eigenvalue weighted by molar-refractivity contribution is 14.1. The van der Waals surface area contributed by atoms with Gasteiger partial charge in [-0.1, -0.05) is 17.4 Å². The molecule has 2 heterocycles. The van der Waals surface area contributed by atoms with Crippen LogP contribution in [0.3, 0.4) is 0 Å². The number of aromatic hydroxyl groups is 1. The Morgan fingerprint density at radius 2 is 1.94 bits per heavy atom. The van der Waals surface area contributed by atoms with Crippen LogP contribution < -0.4 is 24.4 Å². The van der Waals surface area contributed by atoms with Crippen LogP contribution in [0.15, 0.2) is 57.5 Å². The summed E-state index contributed by atoms with van der Waals surface area (Å²) in [6, 6.07) is 9.62. The molecule has 0 bridgehead atoms. The van der Waals surface area contributed by atoms with Crippen molar-refractivity contribution < 1.29 is 24.1 Å². The highest BCUT2D eigenvalue weighted by Gasteiger charge is 2.34. The van der Waals surface area contributed by atoms with Crippen LogP contribution in [0.4, 0.5) is 0 Å². The number of benzene rings is 2. The molecule has 0 spiro atoms. The van der Waals surface area contributed by atoms with Crippen molar-refractivity contribution in [2.45, 2.75) is 19.9 Å². The van der Waals surface area contributed by atoms with Gasteiger partial charge in [0.1, 0.15) is 5.75 Å². The quantitative estimate of drug-likeness (QED) is 0.342. The average molecular weight is 606 g/mol. The zero-order chi connectivity index (χ0) is 25.3. The van der Waals surface area contributed by atoms with Crippen LogP contribution in [-0.4, -0.2) is 36.5 Å². The standard InChI is InChI=1S/C25H23IN2O6S/c1-5-34-24(31)21-13(2)27-25-28(22(21)14-6-9-18(32-3)19(11-14)33-4)23(30)20(35-25)12-15-10-16(26)7-8-17(15)29/h6-12,22,29H,5H2,1-4H3/b20-12-/t22-/m0/s1. The van der Waals surface area contributed by atoms with E-state index in [1.165, 1.54) is 30.1 Å². The summed E-state index contributed by atoms with van der Waals surface area (Å²) in [7, 11) is 3.06. The summed E-state index contributed by atoms with van der Waals surface area (Å²) >= 11 is 3.33. The van der Waals surface area contributed by atoms with Crippen LogP contribution in [0.5, 0.6) is 17.2 Å². The molecule has 1 aromatic heterocycles. The van der Waals surface area contributed by atoms with Gasteiger partial charge < -0.3 is 19.3 Å². The number of hydrogen-bond acceptors (Lipinski definition) is 8. The Bertz CT molecular complexity index is 1520. The molecule has 0 amide bonds. The maximum atomic E-state index is 13.7. The predicted molar refractivity (Wildman–Crippen MR) is 141 cm³/mol. The minimum absolute atomic E-state index is 0.0658. The van der Waals surface area contributed by atoms with E-state index in [0.717, 1.165) is 3.57 Å². The van der Waals surface area contributed by atoms with Crippen molar-refractivity contribution in [1.29, 1.82) is 0 Å². The zero-order valence-corrected chi connectivity index (χ0v) is 22.5. The second-order valence-corrected chi connectivity index (χ2v) is 9.87. The number of carbonyl (C=O) groups is 1. The Morgan fingerprint density at radius 3 is 2.63 bits per heavy atom. The maximum absolute atomic E-state index is 13.7. The topological polar surface area (TPSA) is 99.4 Å². The third kappa shape index (κ3) is 4.72. The van der Waals surface area contributed by atoms with Gasteiger partial charge in [0.2, 0.25) is 0 Å². The maximum Gasteiger partial charge on any atom is 0.338 e. The fourth-order valence-electron chi connectivity index (χ4n) is 3.91. The molecule has 1 atom stereocenters. The highest BCUT2D eigenvalue weighted by Crippen LogP contribution is 2.36. The van der Waals surface area contributed by atoms with Gasteiger partial charge in [-0.15, -0.1) is 0 Å². The zero-order valence-electron chi connectivity index (χ0n) is 19.5. The third-order valence-electron chi connectivity index (χ3n) is 5.52. The minimum Gasteiger partial charge on any atom is -0.507 e. The Hall–Kier alpha value is -3.12. The molecule has 3 aromatic rings. The molecule has 0 fully saturated rings. The van der Waals surface area contributed by atoms with Crippen molar-refractivity contribution >= 4 is 46.0 Å². The van der Waals surface area contributed by atoms with Crippen LogP contribution in [0.2, 0.25) is 0 Å². The summed E-state index contributed by atoms with van der Waals surface area (Å²) < 4.78 is 18.9. The highest BCUT2D eigenvalue weighted by atomic mass is 127. The summed E-state index contributed by atoms with van der Waals surface area (Å²) in [4.78, 5) is 31.7. The summed E-state index contributed by atoms with van der Waals surface area (Å²) in [5, 5.41) is 10.3.